The summed E-state index contributed by atoms with van der Waals surface area (Å²) in [5.41, 5.74) is 3.45. The van der Waals surface area contributed by atoms with Crippen molar-refractivity contribution in [1.82, 2.24) is 4.90 Å². The summed E-state index contributed by atoms with van der Waals surface area (Å²) >= 11 is 3.21. The molecule has 5 heteroatoms. The Labute approximate surface area is 169 Å². The number of thiophene rings is 1. The number of amides is 1. The van der Waals surface area contributed by atoms with Crippen molar-refractivity contribution in [3.63, 3.8) is 0 Å². The number of rotatable bonds is 4. The zero-order valence-electron chi connectivity index (χ0n) is 15.7. The maximum atomic E-state index is 13.2. The second-order valence-corrected chi connectivity index (χ2v) is 9.16. The molecule has 1 aromatic carbocycles. The number of hydrogen-bond acceptors (Lipinski definition) is 4. The summed E-state index contributed by atoms with van der Waals surface area (Å²) in [6.45, 7) is 1.31. The SMILES string of the molecule is CSc1ccccc1C(=O)C1CCCN(C(=O)c2scc3c2CCCC3)C1. The number of piperidine rings is 1. The van der Waals surface area contributed by atoms with Gasteiger partial charge in [-0.1, -0.05) is 18.2 Å². The highest BCUT2D eigenvalue weighted by atomic mass is 32.2. The van der Waals surface area contributed by atoms with Crippen LogP contribution in [0.25, 0.3) is 0 Å². The average Bonchev–Trinajstić information content (AvgIpc) is 3.17. The zero-order valence-corrected chi connectivity index (χ0v) is 17.3. The lowest BCUT2D eigenvalue weighted by Crippen LogP contribution is -2.42. The third kappa shape index (κ3) is 3.72. The van der Waals surface area contributed by atoms with E-state index in [9.17, 15) is 9.59 Å². The van der Waals surface area contributed by atoms with Gasteiger partial charge in [0.2, 0.25) is 0 Å². The molecule has 1 aliphatic carbocycles. The summed E-state index contributed by atoms with van der Waals surface area (Å²) in [4.78, 5) is 30.2. The van der Waals surface area contributed by atoms with Crippen LogP contribution in [0.4, 0.5) is 0 Å². The number of ketones is 1. The molecule has 2 aliphatic rings. The molecule has 0 spiro atoms. The summed E-state index contributed by atoms with van der Waals surface area (Å²) in [6.07, 6.45) is 8.31. The third-order valence-corrected chi connectivity index (χ3v) is 7.60. The lowest BCUT2D eigenvalue weighted by atomic mass is 9.89. The van der Waals surface area contributed by atoms with Crippen molar-refractivity contribution in [3.05, 3.63) is 51.2 Å². The van der Waals surface area contributed by atoms with E-state index in [1.807, 2.05) is 35.4 Å². The molecular formula is C22H25NO2S2. The number of thioether (sulfide) groups is 1. The third-order valence-electron chi connectivity index (χ3n) is 5.75. The van der Waals surface area contributed by atoms with Crippen molar-refractivity contribution in [1.29, 1.82) is 0 Å². The second kappa shape index (κ2) is 8.19. The van der Waals surface area contributed by atoms with Gasteiger partial charge in [-0.3, -0.25) is 9.59 Å². The van der Waals surface area contributed by atoms with E-state index in [4.69, 9.17) is 0 Å². The highest BCUT2D eigenvalue weighted by Gasteiger charge is 2.32. The molecule has 0 radical (unpaired) electrons. The Morgan fingerprint density at radius 3 is 2.81 bits per heavy atom. The standard InChI is InChI=1S/C22H25NO2S2/c1-26-19-11-5-4-10-18(19)20(24)15-8-6-12-23(13-15)22(25)21-17-9-3-2-7-16(17)14-27-21/h4-5,10-11,14-15H,2-3,6-9,12-13H2,1H3. The highest BCUT2D eigenvalue weighted by molar-refractivity contribution is 7.98. The van der Waals surface area contributed by atoms with Crippen LogP contribution in [0, 0.1) is 5.92 Å². The van der Waals surface area contributed by atoms with Crippen LogP contribution in [0.2, 0.25) is 0 Å². The van der Waals surface area contributed by atoms with Crippen LogP contribution in [0.5, 0.6) is 0 Å². The molecule has 1 amide bonds. The number of hydrogen-bond donors (Lipinski definition) is 0. The summed E-state index contributed by atoms with van der Waals surface area (Å²) in [6, 6.07) is 7.82. The highest BCUT2D eigenvalue weighted by Crippen LogP contribution is 2.32. The fourth-order valence-electron chi connectivity index (χ4n) is 4.29. The van der Waals surface area contributed by atoms with Crippen molar-refractivity contribution < 1.29 is 9.59 Å². The molecule has 0 saturated carbocycles. The van der Waals surface area contributed by atoms with E-state index in [1.165, 1.54) is 24.0 Å². The molecule has 142 valence electrons. The minimum atomic E-state index is -0.0909. The summed E-state index contributed by atoms with van der Waals surface area (Å²) in [5, 5.41) is 2.17. The number of Topliss-reactive ketones (excluding diaryl/α,β-unsaturated/α-hetero) is 1. The van der Waals surface area contributed by atoms with Gasteiger partial charge >= 0.3 is 0 Å². The Hall–Kier alpha value is -1.59. The van der Waals surface area contributed by atoms with Gasteiger partial charge in [0.25, 0.3) is 5.91 Å². The van der Waals surface area contributed by atoms with Crippen LogP contribution >= 0.6 is 23.1 Å². The van der Waals surface area contributed by atoms with Gasteiger partial charge in [-0.25, -0.2) is 0 Å². The fraction of sp³-hybridized carbons (Fsp3) is 0.455. The van der Waals surface area contributed by atoms with Gasteiger partial charge in [0.15, 0.2) is 5.78 Å². The minimum Gasteiger partial charge on any atom is -0.337 e. The van der Waals surface area contributed by atoms with Gasteiger partial charge in [0.1, 0.15) is 0 Å². The molecule has 1 saturated heterocycles. The number of nitrogens with zero attached hydrogens (tertiary/aromatic N) is 1. The molecule has 1 atom stereocenters. The summed E-state index contributed by atoms with van der Waals surface area (Å²) in [7, 11) is 0. The van der Waals surface area contributed by atoms with Crippen molar-refractivity contribution >= 4 is 34.8 Å². The number of carbonyl (C=O) groups excluding carboxylic acids is 2. The van der Waals surface area contributed by atoms with Crippen LogP contribution in [0.1, 0.15) is 56.8 Å². The predicted molar refractivity (Wildman–Crippen MR) is 112 cm³/mol. The molecule has 3 nitrogen and oxygen atoms in total. The predicted octanol–water partition coefficient (Wildman–Crippen LogP) is 5.08. The van der Waals surface area contributed by atoms with Gasteiger partial charge in [-0.05, 0) is 67.4 Å². The van der Waals surface area contributed by atoms with E-state index in [0.29, 0.717) is 6.54 Å². The van der Waals surface area contributed by atoms with Gasteiger partial charge in [-0.15, -0.1) is 23.1 Å². The quantitative estimate of drug-likeness (QED) is 0.531. The lowest BCUT2D eigenvalue weighted by molar-refractivity contribution is 0.0639. The van der Waals surface area contributed by atoms with Crippen LogP contribution in [-0.4, -0.2) is 35.9 Å². The van der Waals surface area contributed by atoms with Gasteiger partial charge in [0.05, 0.1) is 4.88 Å². The maximum absolute atomic E-state index is 13.2. The molecule has 2 aromatic rings. The van der Waals surface area contributed by atoms with Gasteiger partial charge < -0.3 is 4.90 Å². The average molecular weight is 400 g/mol. The Balaban J connectivity index is 1.52. The Bertz CT molecular complexity index is 858. The van der Waals surface area contributed by atoms with E-state index in [1.54, 1.807) is 23.1 Å². The smallest absolute Gasteiger partial charge is 0.264 e. The largest absolute Gasteiger partial charge is 0.337 e. The van der Waals surface area contributed by atoms with Crippen molar-refractivity contribution in [2.24, 2.45) is 5.92 Å². The van der Waals surface area contributed by atoms with E-state index >= 15 is 0 Å². The first-order valence-electron chi connectivity index (χ1n) is 9.74. The Morgan fingerprint density at radius 2 is 1.96 bits per heavy atom. The second-order valence-electron chi connectivity index (χ2n) is 7.43. The first-order chi connectivity index (χ1) is 13.2. The normalized spacial score (nSPS) is 19.6. The molecule has 0 bridgehead atoms. The monoisotopic (exact) mass is 399 g/mol. The Kier molecular flexibility index (Phi) is 5.69. The van der Waals surface area contributed by atoms with E-state index in [-0.39, 0.29) is 17.6 Å². The fourth-order valence-corrected chi connectivity index (χ4v) is 6.01. The molecule has 2 heterocycles. The van der Waals surface area contributed by atoms with Crippen LogP contribution < -0.4 is 0 Å². The number of likely N-dealkylation sites (tertiary alicyclic amines) is 1. The summed E-state index contributed by atoms with van der Waals surface area (Å²) < 4.78 is 0. The van der Waals surface area contributed by atoms with Crippen LogP contribution in [0.3, 0.4) is 0 Å². The van der Waals surface area contributed by atoms with Gasteiger partial charge in [-0.2, -0.15) is 0 Å². The Morgan fingerprint density at radius 1 is 1.15 bits per heavy atom. The number of fused-ring (bicyclic) bond motifs is 1. The van der Waals surface area contributed by atoms with Gasteiger partial charge in [0, 0.05) is 29.5 Å². The molecular weight excluding hydrogens is 374 g/mol. The zero-order chi connectivity index (χ0) is 18.8. The lowest BCUT2D eigenvalue weighted by Gasteiger charge is -2.32. The summed E-state index contributed by atoms with van der Waals surface area (Å²) in [5.74, 6) is 0.233. The molecule has 4 rings (SSSR count). The first kappa shape index (κ1) is 18.8. The first-order valence-corrected chi connectivity index (χ1v) is 11.8. The molecule has 1 fully saturated rings. The molecule has 27 heavy (non-hydrogen) atoms. The maximum Gasteiger partial charge on any atom is 0.264 e. The van der Waals surface area contributed by atoms with Crippen molar-refractivity contribution in [2.75, 3.05) is 19.3 Å². The topological polar surface area (TPSA) is 37.4 Å². The number of carbonyl (C=O) groups is 2. The number of benzene rings is 1. The molecule has 1 aromatic heterocycles. The van der Waals surface area contributed by atoms with Crippen LogP contribution in [0.15, 0.2) is 34.5 Å². The minimum absolute atomic E-state index is 0.0909. The van der Waals surface area contributed by atoms with E-state index < -0.39 is 0 Å². The molecule has 1 unspecified atom stereocenters. The number of aryl methyl sites for hydroxylation is 1. The van der Waals surface area contributed by atoms with Crippen molar-refractivity contribution in [3.8, 4) is 0 Å². The van der Waals surface area contributed by atoms with Crippen LogP contribution in [-0.2, 0) is 12.8 Å². The van der Waals surface area contributed by atoms with E-state index in [2.05, 4.69) is 5.38 Å². The van der Waals surface area contributed by atoms with E-state index in [0.717, 1.165) is 47.6 Å². The molecule has 1 aliphatic heterocycles. The molecule has 0 N–H and O–H groups in total. The van der Waals surface area contributed by atoms with Crippen molar-refractivity contribution in [2.45, 2.75) is 43.4 Å².